The van der Waals surface area contributed by atoms with Gasteiger partial charge < -0.3 is 10.1 Å². The zero-order valence-corrected chi connectivity index (χ0v) is 12.5. The molecule has 7 heteroatoms. The van der Waals surface area contributed by atoms with E-state index in [0.29, 0.717) is 32.2 Å². The zero-order chi connectivity index (χ0) is 14.0. The predicted molar refractivity (Wildman–Crippen MR) is 78.4 cm³/mol. The highest BCUT2D eigenvalue weighted by atomic mass is 35.5. The number of rotatable bonds is 3. The van der Waals surface area contributed by atoms with E-state index in [0.717, 1.165) is 0 Å². The summed E-state index contributed by atoms with van der Waals surface area (Å²) in [5, 5.41) is 5.85. The summed E-state index contributed by atoms with van der Waals surface area (Å²) in [5.41, 5.74) is 1.34. The second kappa shape index (κ2) is 5.77. The summed E-state index contributed by atoms with van der Waals surface area (Å²) in [4.78, 5) is 15.3. The van der Waals surface area contributed by atoms with Crippen molar-refractivity contribution in [1.82, 2.24) is 4.98 Å². The molecule has 0 aliphatic heterocycles. The molecule has 2 aromatic rings. The van der Waals surface area contributed by atoms with E-state index in [1.807, 2.05) is 0 Å². The highest BCUT2D eigenvalue weighted by Gasteiger charge is 2.14. The normalized spacial score (nSPS) is 10.3. The Labute approximate surface area is 124 Å². The van der Waals surface area contributed by atoms with Crippen molar-refractivity contribution in [2.45, 2.75) is 6.92 Å². The summed E-state index contributed by atoms with van der Waals surface area (Å²) in [6, 6.07) is 3.32. The van der Waals surface area contributed by atoms with E-state index in [1.165, 1.54) is 25.4 Å². The van der Waals surface area contributed by atoms with Crippen LogP contribution in [0.3, 0.4) is 0 Å². The average molecular weight is 317 g/mol. The van der Waals surface area contributed by atoms with Gasteiger partial charge in [-0.1, -0.05) is 23.2 Å². The van der Waals surface area contributed by atoms with Crippen LogP contribution in [0.15, 0.2) is 17.5 Å². The van der Waals surface area contributed by atoms with Crippen LogP contribution in [0.25, 0.3) is 11.3 Å². The van der Waals surface area contributed by atoms with Crippen molar-refractivity contribution in [3.05, 3.63) is 27.6 Å². The van der Waals surface area contributed by atoms with Crippen LogP contribution in [0.5, 0.6) is 5.75 Å². The molecule has 0 saturated carbocycles. The number of carbonyl (C=O) groups excluding carboxylic acids is 1. The Balaban J connectivity index is 2.46. The Morgan fingerprint density at radius 1 is 1.42 bits per heavy atom. The summed E-state index contributed by atoms with van der Waals surface area (Å²) < 4.78 is 5.26. The number of benzene rings is 1. The van der Waals surface area contributed by atoms with E-state index in [-0.39, 0.29) is 5.91 Å². The largest absolute Gasteiger partial charge is 0.494 e. The third-order valence-electron chi connectivity index (χ3n) is 2.28. The molecule has 0 atom stereocenters. The molecule has 2 rings (SSSR count). The number of halogens is 2. The Morgan fingerprint density at radius 2 is 2.16 bits per heavy atom. The zero-order valence-electron chi connectivity index (χ0n) is 10.2. The third-order valence-corrected chi connectivity index (χ3v) is 3.53. The Bertz CT molecular complexity index is 628. The summed E-state index contributed by atoms with van der Waals surface area (Å²) >= 11 is 13.4. The molecule has 0 fully saturated rings. The number of hydrogen-bond donors (Lipinski definition) is 1. The minimum Gasteiger partial charge on any atom is -0.494 e. The molecule has 1 aromatic heterocycles. The average Bonchev–Trinajstić information content (AvgIpc) is 2.75. The molecule has 1 N–H and O–H groups in total. The summed E-state index contributed by atoms with van der Waals surface area (Å²) in [6.45, 7) is 1.43. The van der Waals surface area contributed by atoms with Gasteiger partial charge >= 0.3 is 0 Å². The lowest BCUT2D eigenvalue weighted by atomic mass is 10.1. The van der Waals surface area contributed by atoms with Crippen LogP contribution in [0.1, 0.15) is 6.92 Å². The molecule has 0 aliphatic rings. The molecule has 0 aliphatic carbocycles. The second-order valence-electron chi connectivity index (χ2n) is 3.69. The lowest BCUT2D eigenvalue weighted by molar-refractivity contribution is -0.114. The van der Waals surface area contributed by atoms with Gasteiger partial charge in [0.05, 0.1) is 17.8 Å². The fourth-order valence-electron chi connectivity index (χ4n) is 1.56. The number of carbonyl (C=O) groups is 1. The molecular weight excluding hydrogens is 307 g/mol. The van der Waals surface area contributed by atoms with Crippen LogP contribution in [-0.4, -0.2) is 18.0 Å². The van der Waals surface area contributed by atoms with Crippen molar-refractivity contribution in [2.75, 3.05) is 12.4 Å². The fourth-order valence-corrected chi connectivity index (χ4v) is 2.89. The van der Waals surface area contributed by atoms with Gasteiger partial charge in [0, 0.05) is 22.9 Å². The summed E-state index contributed by atoms with van der Waals surface area (Å²) in [5.74, 6) is 0.336. The highest BCUT2D eigenvalue weighted by Crippen LogP contribution is 2.39. The SMILES string of the molecule is COc1c(Cl)cc(Cl)cc1-c1csc(NC(C)=O)n1. The lowest BCUT2D eigenvalue weighted by Crippen LogP contribution is -2.05. The van der Waals surface area contributed by atoms with E-state index in [9.17, 15) is 4.79 Å². The van der Waals surface area contributed by atoms with E-state index in [4.69, 9.17) is 27.9 Å². The molecule has 0 bridgehead atoms. The van der Waals surface area contributed by atoms with E-state index >= 15 is 0 Å². The van der Waals surface area contributed by atoms with Crippen molar-refractivity contribution in [3.63, 3.8) is 0 Å². The molecular formula is C12H10Cl2N2O2S. The van der Waals surface area contributed by atoms with Crippen LogP contribution in [0.2, 0.25) is 10.0 Å². The van der Waals surface area contributed by atoms with Gasteiger partial charge in [0.1, 0.15) is 5.75 Å². The van der Waals surface area contributed by atoms with Gasteiger partial charge in [0.2, 0.25) is 5.91 Å². The first-order valence-corrected chi connectivity index (χ1v) is 6.91. The minimum absolute atomic E-state index is 0.169. The monoisotopic (exact) mass is 316 g/mol. The van der Waals surface area contributed by atoms with Crippen molar-refractivity contribution in [1.29, 1.82) is 0 Å². The Kier molecular flexibility index (Phi) is 4.29. The van der Waals surface area contributed by atoms with Crippen LogP contribution < -0.4 is 10.1 Å². The molecule has 1 aromatic carbocycles. The van der Waals surface area contributed by atoms with Gasteiger partial charge in [-0.25, -0.2) is 4.98 Å². The standard InChI is InChI=1S/C12H10Cl2N2O2S/c1-6(17)15-12-16-10(5-19-12)8-3-7(13)4-9(14)11(8)18-2/h3-5H,1-2H3,(H,15,16,17). The number of thiazole rings is 1. The van der Waals surface area contributed by atoms with Crippen LogP contribution in [0, 0.1) is 0 Å². The van der Waals surface area contributed by atoms with Gasteiger partial charge in [-0.3, -0.25) is 4.79 Å². The molecule has 1 amide bonds. The minimum atomic E-state index is -0.169. The topological polar surface area (TPSA) is 51.2 Å². The Morgan fingerprint density at radius 3 is 2.79 bits per heavy atom. The number of ether oxygens (including phenoxy) is 1. The summed E-state index contributed by atoms with van der Waals surface area (Å²) in [6.07, 6.45) is 0. The molecule has 100 valence electrons. The molecule has 1 heterocycles. The molecule has 0 saturated heterocycles. The van der Waals surface area contributed by atoms with Crippen LogP contribution in [0.4, 0.5) is 5.13 Å². The van der Waals surface area contributed by atoms with Gasteiger partial charge in [-0.05, 0) is 12.1 Å². The molecule has 0 spiro atoms. The first-order chi connectivity index (χ1) is 9.01. The first kappa shape index (κ1) is 14.1. The third kappa shape index (κ3) is 3.18. The number of amides is 1. The van der Waals surface area contributed by atoms with Gasteiger partial charge in [-0.15, -0.1) is 11.3 Å². The number of aromatic nitrogens is 1. The smallest absolute Gasteiger partial charge is 0.223 e. The summed E-state index contributed by atoms with van der Waals surface area (Å²) in [7, 11) is 1.53. The molecule has 0 unspecified atom stereocenters. The number of anilines is 1. The molecule has 0 radical (unpaired) electrons. The van der Waals surface area contributed by atoms with Crippen molar-refractivity contribution >= 4 is 45.6 Å². The predicted octanol–water partition coefficient (Wildman–Crippen LogP) is 4.08. The molecule has 19 heavy (non-hydrogen) atoms. The lowest BCUT2D eigenvalue weighted by Gasteiger charge is -2.09. The number of nitrogens with zero attached hydrogens (tertiary/aromatic N) is 1. The maximum Gasteiger partial charge on any atom is 0.223 e. The molecule has 4 nitrogen and oxygen atoms in total. The Hall–Kier alpha value is -1.30. The van der Waals surface area contributed by atoms with E-state index in [1.54, 1.807) is 17.5 Å². The maximum absolute atomic E-state index is 11.0. The van der Waals surface area contributed by atoms with E-state index < -0.39 is 0 Å². The van der Waals surface area contributed by atoms with E-state index in [2.05, 4.69) is 10.3 Å². The highest BCUT2D eigenvalue weighted by molar-refractivity contribution is 7.14. The van der Waals surface area contributed by atoms with Crippen molar-refractivity contribution in [2.24, 2.45) is 0 Å². The van der Waals surface area contributed by atoms with Gasteiger partial charge in [0.25, 0.3) is 0 Å². The van der Waals surface area contributed by atoms with Gasteiger partial charge in [0.15, 0.2) is 5.13 Å². The number of nitrogens with one attached hydrogen (secondary N) is 1. The maximum atomic E-state index is 11.0. The number of hydrogen-bond acceptors (Lipinski definition) is 4. The quantitative estimate of drug-likeness (QED) is 0.928. The van der Waals surface area contributed by atoms with Crippen molar-refractivity contribution in [3.8, 4) is 17.0 Å². The first-order valence-electron chi connectivity index (χ1n) is 5.27. The second-order valence-corrected chi connectivity index (χ2v) is 5.39. The van der Waals surface area contributed by atoms with Crippen LogP contribution in [-0.2, 0) is 4.79 Å². The van der Waals surface area contributed by atoms with Crippen LogP contribution >= 0.6 is 34.5 Å². The number of methoxy groups -OCH3 is 1. The van der Waals surface area contributed by atoms with Gasteiger partial charge in [-0.2, -0.15) is 0 Å². The van der Waals surface area contributed by atoms with Crippen molar-refractivity contribution < 1.29 is 9.53 Å². The fraction of sp³-hybridized carbons (Fsp3) is 0.167.